The Hall–Kier alpha value is -1.79. The van der Waals surface area contributed by atoms with Crippen LogP contribution in [0.3, 0.4) is 0 Å². The number of aromatic nitrogens is 2. The van der Waals surface area contributed by atoms with Crippen LogP contribution in [0.1, 0.15) is 24.8 Å². The molecular weight excluding hydrogens is 386 g/mol. The van der Waals surface area contributed by atoms with Crippen molar-refractivity contribution in [2.75, 3.05) is 43.4 Å². The molecule has 0 amide bonds. The van der Waals surface area contributed by atoms with Crippen LogP contribution in [0.15, 0.2) is 36.9 Å². The number of rotatable bonds is 9. The highest BCUT2D eigenvalue weighted by Gasteiger charge is 2.16. The van der Waals surface area contributed by atoms with E-state index in [2.05, 4.69) is 76.4 Å². The third-order valence-electron chi connectivity index (χ3n) is 6.19. The number of anilines is 2. The number of nitrogens with two attached hydrogens (primary N) is 1. The lowest BCUT2D eigenvalue weighted by atomic mass is 10.1. The molecule has 0 aliphatic carbocycles. The maximum absolute atomic E-state index is 5.99. The molecule has 5 nitrogen and oxygen atoms in total. The summed E-state index contributed by atoms with van der Waals surface area (Å²) in [5.74, 6) is 0. The van der Waals surface area contributed by atoms with Gasteiger partial charge in [-0.15, -0.1) is 0 Å². The second kappa shape index (κ2) is 10.5. The summed E-state index contributed by atoms with van der Waals surface area (Å²) in [6.45, 7) is 17.5. The molecule has 0 saturated carbocycles. The minimum absolute atomic E-state index is 0.887. The molecule has 0 unspecified atom stereocenters. The Morgan fingerprint density at radius 1 is 1.03 bits per heavy atom. The van der Waals surface area contributed by atoms with E-state index >= 15 is 0 Å². The highest BCUT2D eigenvalue weighted by molar-refractivity contribution is 6.76. The van der Waals surface area contributed by atoms with Gasteiger partial charge in [-0.05, 0) is 56.5 Å². The van der Waals surface area contributed by atoms with Crippen molar-refractivity contribution in [1.82, 2.24) is 9.47 Å². The van der Waals surface area contributed by atoms with Gasteiger partial charge in [0.1, 0.15) is 12.4 Å². The minimum Gasteiger partial charge on any atom is -0.399 e. The van der Waals surface area contributed by atoms with Crippen LogP contribution in [-0.4, -0.2) is 50.3 Å². The summed E-state index contributed by atoms with van der Waals surface area (Å²) in [5.41, 5.74) is 9.37. The van der Waals surface area contributed by atoms with Gasteiger partial charge in [-0.1, -0.05) is 25.7 Å². The lowest BCUT2D eigenvalue weighted by Crippen LogP contribution is -2.33. The quantitative estimate of drug-likeness (QED) is 0.373. The highest BCUT2D eigenvalue weighted by atomic mass is 28.3. The molecule has 0 atom stereocenters. The van der Waals surface area contributed by atoms with E-state index in [4.69, 9.17) is 5.73 Å². The van der Waals surface area contributed by atoms with Crippen LogP contribution in [-0.2, 0) is 13.1 Å². The lowest BCUT2D eigenvalue weighted by Gasteiger charge is -2.24. The second-order valence-electron chi connectivity index (χ2n) is 10.1. The second-order valence-corrected chi connectivity index (χ2v) is 15.8. The van der Waals surface area contributed by atoms with Gasteiger partial charge in [-0.25, -0.2) is 9.13 Å². The maximum Gasteiger partial charge on any atom is 0.243 e. The van der Waals surface area contributed by atoms with Gasteiger partial charge in [0.25, 0.3) is 0 Å². The van der Waals surface area contributed by atoms with E-state index < -0.39 is 8.07 Å². The van der Waals surface area contributed by atoms with E-state index in [0.717, 1.165) is 38.4 Å². The summed E-state index contributed by atoms with van der Waals surface area (Å²) >= 11 is 0. The van der Waals surface area contributed by atoms with Gasteiger partial charge in [0.2, 0.25) is 6.33 Å². The fourth-order valence-corrected chi connectivity index (χ4v) is 5.50. The van der Waals surface area contributed by atoms with E-state index in [0.29, 0.717) is 0 Å². The van der Waals surface area contributed by atoms with Crippen molar-refractivity contribution in [3.8, 4) is 0 Å². The van der Waals surface area contributed by atoms with Crippen LogP contribution in [0, 0.1) is 6.92 Å². The first-order chi connectivity index (χ1) is 14.3. The van der Waals surface area contributed by atoms with Crippen LogP contribution in [0.2, 0.25) is 25.7 Å². The smallest absolute Gasteiger partial charge is 0.243 e. The van der Waals surface area contributed by atoms with Crippen molar-refractivity contribution in [1.29, 1.82) is 0 Å². The van der Waals surface area contributed by atoms with Crippen molar-refractivity contribution < 1.29 is 4.57 Å². The van der Waals surface area contributed by atoms with E-state index in [1.54, 1.807) is 0 Å². The van der Waals surface area contributed by atoms with Crippen LogP contribution in [0.25, 0.3) is 0 Å². The number of hydrogen-bond acceptors (Lipinski definition) is 3. The largest absolute Gasteiger partial charge is 0.399 e. The number of hydrogen-bond donors (Lipinski definition) is 1. The molecule has 2 heterocycles. The van der Waals surface area contributed by atoms with Gasteiger partial charge in [0, 0.05) is 45.6 Å². The van der Waals surface area contributed by atoms with E-state index in [1.807, 2.05) is 6.07 Å². The van der Waals surface area contributed by atoms with Gasteiger partial charge in [-0.3, -0.25) is 0 Å². The standard InChI is InChI=1S/C24H42N5Si/c1-22-20-23(8-9-24(22)25)29-14-6-11-26(17-18-29)10-5-12-27-15-16-28(21-27)13-7-19-30(2,3)4/h8-9,15-16,20-21H,5-7,10-14,17-19,25H2,1-4H3/q+1. The topological polar surface area (TPSA) is 41.3 Å². The van der Waals surface area contributed by atoms with Gasteiger partial charge in [0.05, 0.1) is 13.1 Å². The first-order valence-electron chi connectivity index (χ1n) is 11.7. The van der Waals surface area contributed by atoms with Crippen molar-refractivity contribution in [3.63, 3.8) is 0 Å². The summed E-state index contributed by atoms with van der Waals surface area (Å²) in [7, 11) is -0.915. The molecule has 2 aromatic rings. The zero-order valence-electron chi connectivity index (χ0n) is 19.6. The molecule has 2 N–H and O–H groups in total. The zero-order valence-corrected chi connectivity index (χ0v) is 20.6. The Bertz CT molecular complexity index is 795. The lowest BCUT2D eigenvalue weighted by molar-refractivity contribution is -0.696. The number of imidazole rings is 1. The number of benzene rings is 1. The fourth-order valence-electron chi connectivity index (χ4n) is 4.28. The Morgan fingerprint density at radius 3 is 2.63 bits per heavy atom. The number of aryl methyl sites for hydroxylation is 3. The van der Waals surface area contributed by atoms with Crippen LogP contribution in [0.5, 0.6) is 0 Å². The molecule has 1 aliphatic rings. The molecule has 6 heteroatoms. The number of nitrogen functional groups attached to an aromatic ring is 1. The minimum atomic E-state index is -0.915. The molecule has 0 spiro atoms. The van der Waals surface area contributed by atoms with E-state index in [1.165, 1.54) is 49.6 Å². The summed E-state index contributed by atoms with van der Waals surface area (Å²) < 4.78 is 4.72. The molecule has 3 rings (SSSR count). The first-order valence-corrected chi connectivity index (χ1v) is 15.4. The predicted molar refractivity (Wildman–Crippen MR) is 131 cm³/mol. The van der Waals surface area contributed by atoms with Gasteiger partial charge < -0.3 is 15.5 Å². The monoisotopic (exact) mass is 428 g/mol. The molecule has 1 fully saturated rings. The normalized spacial score (nSPS) is 16.1. The van der Waals surface area contributed by atoms with E-state index in [9.17, 15) is 0 Å². The summed E-state index contributed by atoms with van der Waals surface area (Å²) in [4.78, 5) is 5.15. The molecule has 0 bridgehead atoms. The Morgan fingerprint density at radius 2 is 1.87 bits per heavy atom. The average molecular weight is 429 g/mol. The summed E-state index contributed by atoms with van der Waals surface area (Å²) in [5, 5.41) is 0. The van der Waals surface area contributed by atoms with Crippen LogP contribution < -0.4 is 15.2 Å². The Kier molecular flexibility index (Phi) is 8.00. The third-order valence-corrected chi connectivity index (χ3v) is 8.04. The van der Waals surface area contributed by atoms with Crippen molar-refractivity contribution in [3.05, 3.63) is 42.5 Å². The zero-order chi connectivity index (χ0) is 21.6. The van der Waals surface area contributed by atoms with Gasteiger partial charge in [-0.2, -0.15) is 0 Å². The van der Waals surface area contributed by atoms with Crippen molar-refractivity contribution in [2.24, 2.45) is 0 Å². The molecule has 1 saturated heterocycles. The fraction of sp³-hybridized carbons (Fsp3) is 0.625. The molecule has 30 heavy (non-hydrogen) atoms. The van der Waals surface area contributed by atoms with Crippen molar-refractivity contribution >= 4 is 19.4 Å². The average Bonchev–Trinajstić information content (AvgIpc) is 2.99. The Labute approximate surface area is 184 Å². The predicted octanol–water partition coefficient (Wildman–Crippen LogP) is 4.00. The molecule has 1 aliphatic heterocycles. The van der Waals surface area contributed by atoms with Gasteiger partial charge in [0.15, 0.2) is 0 Å². The summed E-state index contributed by atoms with van der Waals surface area (Å²) in [6.07, 6.45) is 10.5. The molecule has 0 radical (unpaired) electrons. The van der Waals surface area contributed by atoms with E-state index in [-0.39, 0.29) is 0 Å². The Balaban J connectivity index is 1.39. The SMILES string of the molecule is Cc1cc(N2CCCN(CCCn3cc[n+](CCC[Si](C)(C)C)c3)CC2)ccc1N. The third kappa shape index (κ3) is 7.17. The molecule has 1 aromatic heterocycles. The molecule has 166 valence electrons. The first kappa shape index (κ1) is 22.9. The van der Waals surface area contributed by atoms with Crippen LogP contribution >= 0.6 is 0 Å². The molecular formula is C24H42N5Si+. The van der Waals surface area contributed by atoms with Crippen LogP contribution in [0.4, 0.5) is 11.4 Å². The maximum atomic E-state index is 5.99. The number of nitrogens with zero attached hydrogens (tertiary/aromatic N) is 4. The summed E-state index contributed by atoms with van der Waals surface area (Å²) in [6, 6.07) is 7.85. The van der Waals surface area contributed by atoms with Crippen molar-refractivity contribution in [2.45, 2.75) is 65.0 Å². The van der Waals surface area contributed by atoms with Gasteiger partial charge >= 0.3 is 0 Å². The highest BCUT2D eigenvalue weighted by Crippen LogP contribution is 2.22. The molecule has 1 aromatic carbocycles.